The molecule has 1 amide bonds. The number of amides is 1. The molecule has 0 aliphatic carbocycles. The Morgan fingerprint density at radius 1 is 1.14 bits per heavy atom. The monoisotopic (exact) mass is 294 g/mol. The molecule has 0 aromatic heterocycles. The van der Waals surface area contributed by atoms with Crippen LogP contribution in [0.15, 0.2) is 54.6 Å². The van der Waals surface area contributed by atoms with E-state index in [2.05, 4.69) is 5.32 Å². The van der Waals surface area contributed by atoms with E-state index in [4.69, 9.17) is 0 Å². The van der Waals surface area contributed by atoms with Crippen LogP contribution in [0, 0.1) is 0 Å². The number of hydrogen-bond acceptors (Lipinski definition) is 3. The number of ketones is 1. The van der Waals surface area contributed by atoms with Gasteiger partial charge in [0.2, 0.25) is 5.91 Å². The molecule has 1 heterocycles. The first-order valence-electron chi connectivity index (χ1n) is 7.39. The summed E-state index contributed by atoms with van der Waals surface area (Å²) in [5.41, 5.74) is 2.28. The van der Waals surface area contributed by atoms with Gasteiger partial charge in [-0.1, -0.05) is 42.5 Å². The van der Waals surface area contributed by atoms with Crippen molar-refractivity contribution in [2.24, 2.45) is 0 Å². The molecule has 2 aromatic carbocycles. The lowest BCUT2D eigenvalue weighted by atomic mass is 10.1. The highest BCUT2D eigenvalue weighted by Crippen LogP contribution is 2.30. The van der Waals surface area contributed by atoms with E-state index in [1.54, 1.807) is 17.0 Å². The van der Waals surface area contributed by atoms with Gasteiger partial charge in [0.05, 0.1) is 17.9 Å². The average molecular weight is 294 g/mol. The number of rotatable bonds is 3. The van der Waals surface area contributed by atoms with Gasteiger partial charge < -0.3 is 10.2 Å². The standard InChI is InChI=1S/C18H18N2O2/c1-13-11-18(22)20(16-10-6-5-9-15(16)19-13)12-17(21)14-7-3-2-4-8-14/h2-10,13,19H,11-12H2,1H3. The Morgan fingerprint density at radius 2 is 1.82 bits per heavy atom. The van der Waals surface area contributed by atoms with E-state index >= 15 is 0 Å². The van der Waals surface area contributed by atoms with Crippen LogP contribution in [0.5, 0.6) is 0 Å². The second-order valence-corrected chi connectivity index (χ2v) is 5.54. The van der Waals surface area contributed by atoms with Crippen LogP contribution in [0.3, 0.4) is 0 Å². The maximum Gasteiger partial charge on any atom is 0.229 e. The van der Waals surface area contributed by atoms with Crippen molar-refractivity contribution in [3.63, 3.8) is 0 Å². The lowest BCUT2D eigenvalue weighted by Gasteiger charge is -2.21. The van der Waals surface area contributed by atoms with Crippen molar-refractivity contribution < 1.29 is 9.59 Å². The molecule has 112 valence electrons. The first-order chi connectivity index (χ1) is 10.6. The van der Waals surface area contributed by atoms with Crippen LogP contribution in [0.25, 0.3) is 0 Å². The Balaban J connectivity index is 1.91. The largest absolute Gasteiger partial charge is 0.380 e. The van der Waals surface area contributed by atoms with E-state index in [1.165, 1.54) is 0 Å². The van der Waals surface area contributed by atoms with Crippen molar-refractivity contribution >= 4 is 23.1 Å². The van der Waals surface area contributed by atoms with Crippen molar-refractivity contribution in [1.82, 2.24) is 0 Å². The second-order valence-electron chi connectivity index (χ2n) is 5.54. The van der Waals surface area contributed by atoms with Crippen molar-refractivity contribution in [3.05, 3.63) is 60.2 Å². The quantitative estimate of drug-likeness (QED) is 0.885. The van der Waals surface area contributed by atoms with Gasteiger partial charge in [-0.2, -0.15) is 0 Å². The summed E-state index contributed by atoms with van der Waals surface area (Å²) in [5.74, 6) is -0.0902. The van der Waals surface area contributed by atoms with Gasteiger partial charge in [0.25, 0.3) is 0 Å². The predicted octanol–water partition coefficient (Wildman–Crippen LogP) is 3.11. The van der Waals surface area contributed by atoms with E-state index < -0.39 is 0 Å². The minimum absolute atomic E-state index is 0.0331. The number of carbonyl (C=O) groups excluding carboxylic acids is 2. The molecule has 0 bridgehead atoms. The molecule has 2 aromatic rings. The summed E-state index contributed by atoms with van der Waals surface area (Å²) in [4.78, 5) is 26.5. The molecule has 0 saturated carbocycles. The van der Waals surface area contributed by atoms with E-state index in [9.17, 15) is 9.59 Å². The van der Waals surface area contributed by atoms with Crippen molar-refractivity contribution in [3.8, 4) is 0 Å². The van der Waals surface area contributed by atoms with Crippen LogP contribution >= 0.6 is 0 Å². The highest BCUT2D eigenvalue weighted by molar-refractivity contribution is 6.07. The minimum atomic E-state index is -0.0571. The van der Waals surface area contributed by atoms with Crippen molar-refractivity contribution in [2.75, 3.05) is 16.8 Å². The summed E-state index contributed by atoms with van der Waals surface area (Å²) in [6, 6.07) is 16.7. The average Bonchev–Trinajstić information content (AvgIpc) is 2.64. The zero-order valence-corrected chi connectivity index (χ0v) is 12.5. The van der Waals surface area contributed by atoms with Gasteiger partial charge in [0.15, 0.2) is 5.78 Å². The number of benzene rings is 2. The zero-order chi connectivity index (χ0) is 15.5. The first-order valence-corrected chi connectivity index (χ1v) is 7.39. The summed E-state index contributed by atoms with van der Waals surface area (Å²) in [7, 11) is 0. The Kier molecular flexibility index (Phi) is 3.92. The Bertz CT molecular complexity index is 697. The summed E-state index contributed by atoms with van der Waals surface area (Å²) < 4.78 is 0. The topological polar surface area (TPSA) is 49.4 Å². The van der Waals surface area contributed by atoms with Crippen LogP contribution in [0.4, 0.5) is 11.4 Å². The third kappa shape index (κ3) is 2.86. The lowest BCUT2D eigenvalue weighted by molar-refractivity contribution is -0.118. The SMILES string of the molecule is CC1CC(=O)N(CC(=O)c2ccccc2)c2ccccc2N1. The van der Waals surface area contributed by atoms with E-state index in [0.717, 1.165) is 11.4 Å². The third-order valence-corrected chi connectivity index (χ3v) is 3.78. The summed E-state index contributed by atoms with van der Waals surface area (Å²) in [6.45, 7) is 2.03. The number of nitrogens with zero attached hydrogens (tertiary/aromatic N) is 1. The van der Waals surface area contributed by atoms with Crippen LogP contribution in [-0.2, 0) is 4.79 Å². The maximum absolute atomic E-state index is 12.5. The summed E-state index contributed by atoms with van der Waals surface area (Å²) in [6.07, 6.45) is 0.372. The molecule has 4 nitrogen and oxygen atoms in total. The number of anilines is 2. The number of Topliss-reactive ketones (excluding diaryl/α,β-unsaturated/α-hetero) is 1. The van der Waals surface area contributed by atoms with Crippen LogP contribution in [0.2, 0.25) is 0 Å². The molecule has 1 unspecified atom stereocenters. The molecule has 3 rings (SSSR count). The number of fused-ring (bicyclic) bond motifs is 1. The normalized spacial score (nSPS) is 17.4. The molecular weight excluding hydrogens is 276 g/mol. The highest BCUT2D eigenvalue weighted by Gasteiger charge is 2.26. The predicted molar refractivity (Wildman–Crippen MR) is 87.3 cm³/mol. The van der Waals surface area contributed by atoms with E-state index in [0.29, 0.717) is 12.0 Å². The number of para-hydroxylation sites is 2. The molecule has 0 radical (unpaired) electrons. The molecule has 0 saturated heterocycles. The zero-order valence-electron chi connectivity index (χ0n) is 12.5. The molecule has 1 aliphatic heterocycles. The van der Waals surface area contributed by atoms with Crippen LogP contribution < -0.4 is 10.2 Å². The molecule has 4 heteroatoms. The number of hydrogen-bond donors (Lipinski definition) is 1. The lowest BCUT2D eigenvalue weighted by Crippen LogP contribution is -2.36. The number of carbonyl (C=O) groups is 2. The van der Waals surface area contributed by atoms with E-state index in [-0.39, 0.29) is 24.3 Å². The molecule has 1 atom stereocenters. The smallest absolute Gasteiger partial charge is 0.229 e. The van der Waals surface area contributed by atoms with Crippen molar-refractivity contribution in [2.45, 2.75) is 19.4 Å². The molecule has 22 heavy (non-hydrogen) atoms. The van der Waals surface area contributed by atoms with Gasteiger partial charge in [-0.25, -0.2) is 0 Å². The second kappa shape index (κ2) is 6.02. The summed E-state index contributed by atoms with van der Waals surface area (Å²) in [5, 5.41) is 3.32. The maximum atomic E-state index is 12.5. The fourth-order valence-corrected chi connectivity index (χ4v) is 2.69. The van der Waals surface area contributed by atoms with Gasteiger partial charge in [0, 0.05) is 18.0 Å². The third-order valence-electron chi connectivity index (χ3n) is 3.78. The van der Waals surface area contributed by atoms with Crippen LogP contribution in [-0.4, -0.2) is 24.3 Å². The van der Waals surface area contributed by atoms with Gasteiger partial charge in [-0.15, -0.1) is 0 Å². The van der Waals surface area contributed by atoms with Crippen molar-refractivity contribution in [1.29, 1.82) is 0 Å². The van der Waals surface area contributed by atoms with Crippen LogP contribution in [0.1, 0.15) is 23.7 Å². The van der Waals surface area contributed by atoms with Gasteiger partial charge in [-0.05, 0) is 19.1 Å². The molecule has 0 fully saturated rings. The Morgan fingerprint density at radius 3 is 2.59 bits per heavy atom. The van der Waals surface area contributed by atoms with Gasteiger partial charge in [-0.3, -0.25) is 9.59 Å². The first kappa shape index (κ1) is 14.3. The van der Waals surface area contributed by atoms with Gasteiger partial charge >= 0.3 is 0 Å². The molecule has 1 aliphatic rings. The Labute approximate surface area is 129 Å². The fourth-order valence-electron chi connectivity index (χ4n) is 2.69. The molecular formula is C18H18N2O2. The summed E-state index contributed by atoms with van der Waals surface area (Å²) >= 11 is 0. The number of nitrogens with one attached hydrogen (secondary N) is 1. The molecule has 0 spiro atoms. The Hall–Kier alpha value is -2.62. The minimum Gasteiger partial charge on any atom is -0.380 e. The van der Waals surface area contributed by atoms with Gasteiger partial charge in [0.1, 0.15) is 0 Å². The molecule has 1 N–H and O–H groups in total. The van der Waals surface area contributed by atoms with E-state index in [1.807, 2.05) is 49.4 Å². The fraction of sp³-hybridized carbons (Fsp3) is 0.222. The highest BCUT2D eigenvalue weighted by atomic mass is 16.2.